The molecule has 0 spiro atoms. The summed E-state index contributed by atoms with van der Waals surface area (Å²) >= 11 is 12.0. The number of aldehydes is 1. The molecule has 0 unspecified atom stereocenters. The van der Waals surface area contributed by atoms with Gasteiger partial charge in [-0.05, 0) is 48.5 Å². The van der Waals surface area contributed by atoms with Gasteiger partial charge in [-0.15, -0.1) is 56.9 Å². The van der Waals surface area contributed by atoms with E-state index in [0.717, 1.165) is 46.1 Å². The topological polar surface area (TPSA) is 132 Å². The maximum absolute atomic E-state index is 10.4. The van der Waals surface area contributed by atoms with Crippen LogP contribution in [0.4, 0.5) is 0 Å². The number of aliphatic hydroxyl groups excluding tert-OH is 1. The molecule has 293 valence electrons. The Morgan fingerprint density at radius 3 is 1.31 bits per heavy atom. The number of hydrogen-bond donors (Lipinski definition) is 2. The second-order valence-electron chi connectivity index (χ2n) is 9.18. The van der Waals surface area contributed by atoms with Gasteiger partial charge in [-0.25, -0.2) is 24.1 Å². The summed E-state index contributed by atoms with van der Waals surface area (Å²) in [4.78, 5) is 35.2. The molecule has 8 aromatic heterocycles. The van der Waals surface area contributed by atoms with Crippen LogP contribution in [0.1, 0.15) is 62.9 Å². The van der Waals surface area contributed by atoms with Crippen LogP contribution in [0, 0.1) is 0 Å². The number of nitrogens with two attached hydrogens (primary N) is 1. The van der Waals surface area contributed by atoms with Crippen LogP contribution in [0.3, 0.4) is 0 Å². The molecule has 3 N–H and O–H groups in total. The Hall–Kier alpha value is -1.89. The predicted octanol–water partition coefficient (Wildman–Crippen LogP) is 9.65. The predicted molar refractivity (Wildman–Crippen MR) is 248 cm³/mol. The third kappa shape index (κ3) is 19.4. The van der Waals surface area contributed by atoms with Crippen LogP contribution >= 0.6 is 78.3 Å². The number of rotatable bonds is 4. The van der Waals surface area contributed by atoms with Crippen molar-refractivity contribution in [3.8, 4) is 0 Å². The summed E-state index contributed by atoms with van der Waals surface area (Å²) < 4.78 is 9.09. The van der Waals surface area contributed by atoms with Gasteiger partial charge in [-0.2, -0.15) is 0 Å². The molecule has 0 fully saturated rings. The van der Waals surface area contributed by atoms with Gasteiger partial charge in [0.15, 0.2) is 6.29 Å². The first-order valence-electron chi connectivity index (χ1n) is 13.7. The largest absolute Gasteiger partial charge is 1.00 e. The number of carbonyl (C=O) groups excluding carboxylic acids is 1. The summed E-state index contributed by atoms with van der Waals surface area (Å²) in [6.07, 6.45) is 7.95. The molecule has 8 rings (SSSR count). The Bertz CT molecular complexity index is 1930. The van der Waals surface area contributed by atoms with E-state index in [1.807, 2.05) is 48.5 Å². The van der Waals surface area contributed by atoms with Gasteiger partial charge in [0.2, 0.25) is 9.23 Å². The zero-order valence-corrected chi connectivity index (χ0v) is 34.7. The van der Waals surface area contributed by atoms with Crippen LogP contribution in [-0.2, 0) is 28.3 Å². The van der Waals surface area contributed by atoms with Crippen molar-refractivity contribution in [1.29, 1.82) is 0 Å². The molecule has 0 aliphatic rings. The van der Waals surface area contributed by atoms with Crippen LogP contribution in [0.25, 0.3) is 40.9 Å². The van der Waals surface area contributed by atoms with Gasteiger partial charge in [0.25, 0.3) is 0 Å². The number of aliphatic hydroxyl groups is 1. The summed E-state index contributed by atoms with van der Waals surface area (Å²) in [5.41, 5.74) is 5.50. The number of nitrogens with zero attached hydrogens (tertiary/aromatic N) is 4. The molecule has 8 aromatic rings. The number of halogens is 3. The molecule has 3 radical (unpaired) electrons. The molecule has 0 atom stereocenters. The van der Waals surface area contributed by atoms with Crippen molar-refractivity contribution in [2.45, 2.75) is 56.2 Å². The van der Waals surface area contributed by atoms with Crippen molar-refractivity contribution < 1.29 is 45.1 Å². The van der Waals surface area contributed by atoms with E-state index >= 15 is 0 Å². The Morgan fingerprint density at radius 1 is 0.655 bits per heavy atom. The molecule has 8 nitrogen and oxygen atoms in total. The van der Waals surface area contributed by atoms with Gasteiger partial charge >= 0.3 is 29.6 Å². The quantitative estimate of drug-likeness (QED) is 0.0773. The minimum Gasteiger partial charge on any atom is -1.00 e. The van der Waals surface area contributed by atoms with Crippen LogP contribution in [0.2, 0.25) is 0 Å². The van der Waals surface area contributed by atoms with Crippen LogP contribution in [0.15, 0.2) is 97.6 Å². The maximum Gasteiger partial charge on any atom is 1.00 e. The van der Waals surface area contributed by atoms with Crippen LogP contribution in [-0.4, -0.2) is 44.0 Å². The minimum atomic E-state index is -1.67. The van der Waals surface area contributed by atoms with Gasteiger partial charge in [0.05, 0.1) is 17.4 Å². The van der Waals surface area contributed by atoms with Crippen LogP contribution < -0.4 is 35.3 Å². The van der Waals surface area contributed by atoms with Crippen molar-refractivity contribution in [2.75, 3.05) is 0 Å². The Labute approximate surface area is 383 Å². The monoisotopic (exact) mass is 908 g/mol. The number of pyridine rings is 4. The number of hydrogen-bond acceptors (Lipinski definition) is 12. The molecule has 0 aliphatic carbocycles. The standard InChI is InChI=1S/C8H6ClNS.C8H8N2S.C8H7NOS.C8H5NOS.5CH4.B.Cl2OS.Na.H/c2*9-5-7-4-6-2-1-3-10-8(6)11-7;2*10-5-7-4-6-2-1-3-9-8(6)11-7;;;;;;;1-4(2)3;;/h1-4H,5H2;1-4H,5,9H2;1-4,10H,5H2;1-5H;5*1H4;;;;/q;;;;;;;;;;;+1;-1. The van der Waals surface area contributed by atoms with Gasteiger partial charge in [0.1, 0.15) is 19.3 Å². The average Bonchev–Trinajstić information content (AvgIpc) is 3.91. The van der Waals surface area contributed by atoms with E-state index in [1.165, 1.54) is 43.2 Å². The maximum atomic E-state index is 10.4. The second-order valence-corrected chi connectivity index (χ2v) is 16.4. The normalized spacial score (nSPS) is 9.05. The van der Waals surface area contributed by atoms with E-state index in [1.54, 1.807) is 47.5 Å². The summed E-state index contributed by atoms with van der Waals surface area (Å²) in [6.45, 7) is 0.724. The molecule has 0 bridgehead atoms. The van der Waals surface area contributed by atoms with E-state index in [4.69, 9.17) is 26.7 Å². The minimum absolute atomic E-state index is 0. The van der Waals surface area contributed by atoms with E-state index < -0.39 is 9.23 Å². The van der Waals surface area contributed by atoms with E-state index in [9.17, 15) is 4.79 Å². The second kappa shape index (κ2) is 32.1. The third-order valence-electron chi connectivity index (χ3n) is 5.95. The first-order valence-corrected chi connectivity index (χ1v) is 20.3. The molecule has 8 heterocycles. The number of fused-ring (bicyclic) bond motifs is 4. The molecule has 55 heavy (non-hydrogen) atoms. The smallest absolute Gasteiger partial charge is 1.00 e. The van der Waals surface area contributed by atoms with Gasteiger partial charge < -0.3 is 12.3 Å². The molecule has 0 saturated carbocycles. The SMILES string of the molecule is C.C.C.C.C.ClCc1cc2cccnc2s1.NCc1cc2cccnc2s1.O=Cc1cc2cccnc2s1.O=S(Cl)Cl.OCc1cc2cccnc2s1.[B].[H-].[Na+]. The van der Waals surface area contributed by atoms with Crippen molar-refractivity contribution in [1.82, 2.24) is 19.9 Å². The molecule has 0 aliphatic heterocycles. The van der Waals surface area contributed by atoms with Crippen molar-refractivity contribution in [3.05, 3.63) is 117 Å². The first-order chi connectivity index (χ1) is 23.3. The fourth-order valence-electron chi connectivity index (χ4n) is 3.97. The molecular weight excluding hydrogens is 863 g/mol. The van der Waals surface area contributed by atoms with E-state index in [2.05, 4.69) is 65.6 Å². The number of carbonyl (C=O) groups is 1. The van der Waals surface area contributed by atoms with Crippen molar-refractivity contribution in [2.24, 2.45) is 5.73 Å². The van der Waals surface area contributed by atoms with E-state index in [-0.39, 0.29) is 83.1 Å². The van der Waals surface area contributed by atoms with Gasteiger partial charge in [-0.1, -0.05) is 61.4 Å². The van der Waals surface area contributed by atoms with Crippen LogP contribution in [0.5, 0.6) is 0 Å². The molecule has 0 amide bonds. The molecule has 0 saturated heterocycles. The zero-order chi connectivity index (χ0) is 34.3. The fourth-order valence-corrected chi connectivity index (χ4v) is 7.61. The zero-order valence-electron chi connectivity index (χ0n) is 27.3. The van der Waals surface area contributed by atoms with Gasteiger partial charge in [-0.3, -0.25) is 4.79 Å². The molecule has 18 heteroatoms. The van der Waals surface area contributed by atoms with Crippen molar-refractivity contribution >= 4 is 143 Å². The third-order valence-corrected chi connectivity index (χ3v) is 10.6. The average molecular weight is 910 g/mol. The Morgan fingerprint density at radius 2 is 0.982 bits per heavy atom. The number of alkyl halides is 1. The number of thiophene rings is 4. The van der Waals surface area contributed by atoms with E-state index in [0.29, 0.717) is 12.4 Å². The first kappa shape index (κ1) is 59.8. The summed E-state index contributed by atoms with van der Waals surface area (Å²) in [6, 6.07) is 23.7. The van der Waals surface area contributed by atoms with Gasteiger partial charge in [0, 0.05) is 97.3 Å². The Balaban J connectivity index is -0.000000191. The van der Waals surface area contributed by atoms with Crippen molar-refractivity contribution in [3.63, 3.8) is 0 Å². The molecule has 0 aromatic carbocycles. The molecular formula is C37H47BCl3N5NaO3S5. The fraction of sp³-hybridized carbons (Fsp3) is 0.216. The summed E-state index contributed by atoms with van der Waals surface area (Å²) in [7, 11) is 7.36. The Kier molecular flexibility index (Phi) is 34.9. The summed E-state index contributed by atoms with van der Waals surface area (Å²) in [5.74, 6) is 0.584. The summed E-state index contributed by atoms with van der Waals surface area (Å²) in [5, 5.41) is 13.4. The number of aromatic nitrogens is 4.